The summed E-state index contributed by atoms with van der Waals surface area (Å²) in [5.41, 5.74) is 0.713. The summed E-state index contributed by atoms with van der Waals surface area (Å²) in [4.78, 5) is 13.5. The van der Waals surface area contributed by atoms with Crippen LogP contribution in [0.5, 0.6) is 0 Å². The van der Waals surface area contributed by atoms with Crippen molar-refractivity contribution >= 4 is 13.5 Å². The lowest BCUT2D eigenvalue weighted by Gasteiger charge is -2.34. The van der Waals surface area contributed by atoms with Crippen molar-refractivity contribution in [3.63, 3.8) is 0 Å². The standard InChI is InChI=1S/C16H24NO4P/c1-5-13-17(14(4)18)16(15-11-9-8-10-12-15)22(19,20-6-2)21-7-3/h5,8-12,16H,1,6-7,13H2,2-4H3/t16-/m0/s1. The zero-order valence-electron chi connectivity index (χ0n) is 13.4. The first kappa shape index (κ1) is 18.6. The Bertz CT molecular complexity index is 522. The minimum atomic E-state index is -3.53. The van der Waals surface area contributed by atoms with Gasteiger partial charge in [-0.2, -0.15) is 0 Å². The molecule has 0 saturated heterocycles. The molecule has 0 aliphatic rings. The molecule has 1 aromatic rings. The van der Waals surface area contributed by atoms with Gasteiger partial charge in [0.2, 0.25) is 5.91 Å². The summed E-state index contributed by atoms with van der Waals surface area (Å²) in [7, 11) is -3.53. The van der Waals surface area contributed by atoms with Gasteiger partial charge in [-0.3, -0.25) is 9.36 Å². The highest BCUT2D eigenvalue weighted by Gasteiger charge is 2.41. The third-order valence-electron chi connectivity index (χ3n) is 3.04. The minimum Gasteiger partial charge on any atom is -0.321 e. The second-order valence-corrected chi connectivity index (χ2v) is 6.70. The lowest BCUT2D eigenvalue weighted by molar-refractivity contribution is -0.129. The fourth-order valence-corrected chi connectivity index (χ4v) is 4.45. The van der Waals surface area contributed by atoms with Crippen LogP contribution in [0, 0.1) is 0 Å². The number of rotatable bonds is 9. The molecule has 0 aliphatic carbocycles. The van der Waals surface area contributed by atoms with Crippen molar-refractivity contribution in [1.82, 2.24) is 4.90 Å². The second kappa shape index (κ2) is 8.89. The van der Waals surface area contributed by atoms with Gasteiger partial charge in [0.15, 0.2) is 5.78 Å². The Morgan fingerprint density at radius 3 is 2.23 bits per heavy atom. The molecule has 0 fully saturated rings. The molecule has 6 heteroatoms. The smallest absolute Gasteiger partial charge is 0.321 e. The molecular formula is C16H24NO4P. The first-order valence-electron chi connectivity index (χ1n) is 7.32. The zero-order valence-corrected chi connectivity index (χ0v) is 14.3. The fraction of sp³-hybridized carbons (Fsp3) is 0.438. The number of nitrogens with zero attached hydrogens (tertiary/aromatic N) is 1. The number of amides is 1. The maximum Gasteiger partial charge on any atom is 0.357 e. The Hall–Kier alpha value is -1.42. The molecule has 0 spiro atoms. The van der Waals surface area contributed by atoms with E-state index in [-0.39, 0.29) is 25.7 Å². The third kappa shape index (κ3) is 4.54. The maximum absolute atomic E-state index is 13.3. The van der Waals surface area contributed by atoms with Crippen LogP contribution < -0.4 is 0 Å². The Morgan fingerprint density at radius 2 is 1.82 bits per heavy atom. The van der Waals surface area contributed by atoms with Crippen LogP contribution in [0.15, 0.2) is 43.0 Å². The van der Waals surface area contributed by atoms with E-state index in [1.54, 1.807) is 19.9 Å². The average Bonchev–Trinajstić information content (AvgIpc) is 2.48. The number of hydrogen-bond acceptors (Lipinski definition) is 4. The van der Waals surface area contributed by atoms with E-state index in [2.05, 4.69) is 6.58 Å². The molecular weight excluding hydrogens is 301 g/mol. The number of benzene rings is 1. The molecule has 0 radical (unpaired) electrons. The van der Waals surface area contributed by atoms with E-state index >= 15 is 0 Å². The van der Waals surface area contributed by atoms with Crippen molar-refractivity contribution in [3.05, 3.63) is 48.6 Å². The van der Waals surface area contributed by atoms with Crippen LogP contribution in [0.2, 0.25) is 0 Å². The molecule has 0 bridgehead atoms. The molecule has 1 amide bonds. The summed E-state index contributed by atoms with van der Waals surface area (Å²) < 4.78 is 24.2. The molecule has 1 rings (SSSR count). The van der Waals surface area contributed by atoms with E-state index in [0.717, 1.165) is 0 Å². The summed E-state index contributed by atoms with van der Waals surface area (Å²) in [5, 5.41) is 0. The van der Waals surface area contributed by atoms with Crippen molar-refractivity contribution in [2.45, 2.75) is 26.6 Å². The highest BCUT2D eigenvalue weighted by atomic mass is 31.2. The molecule has 0 heterocycles. The molecule has 1 aromatic carbocycles. The number of carbonyl (C=O) groups is 1. The summed E-state index contributed by atoms with van der Waals surface area (Å²) in [5.74, 6) is -1.00. The molecule has 5 nitrogen and oxygen atoms in total. The second-order valence-electron chi connectivity index (χ2n) is 4.62. The van der Waals surface area contributed by atoms with E-state index < -0.39 is 13.4 Å². The van der Waals surface area contributed by atoms with Crippen LogP contribution in [0.1, 0.15) is 32.1 Å². The summed E-state index contributed by atoms with van der Waals surface area (Å²) in [6.07, 6.45) is 1.60. The van der Waals surface area contributed by atoms with Gasteiger partial charge >= 0.3 is 7.60 Å². The highest BCUT2D eigenvalue weighted by molar-refractivity contribution is 7.54. The summed E-state index contributed by atoms with van der Waals surface area (Å²) in [6.45, 7) is 9.33. The largest absolute Gasteiger partial charge is 0.357 e. The van der Waals surface area contributed by atoms with Gasteiger partial charge in [-0.15, -0.1) is 6.58 Å². The monoisotopic (exact) mass is 325 g/mol. The van der Waals surface area contributed by atoms with Crippen LogP contribution in [0.4, 0.5) is 0 Å². The Kier molecular flexibility index (Phi) is 7.52. The summed E-state index contributed by atoms with van der Waals surface area (Å²) in [6, 6.07) is 9.15. The Labute approximate surface area is 132 Å². The van der Waals surface area contributed by atoms with Crippen molar-refractivity contribution in [1.29, 1.82) is 0 Å². The minimum absolute atomic E-state index is 0.214. The van der Waals surface area contributed by atoms with Gasteiger partial charge < -0.3 is 13.9 Å². The van der Waals surface area contributed by atoms with Crippen LogP contribution >= 0.6 is 7.60 Å². The molecule has 122 valence electrons. The van der Waals surface area contributed by atoms with E-state index in [1.165, 1.54) is 11.8 Å². The van der Waals surface area contributed by atoms with Gasteiger partial charge in [0.1, 0.15) is 0 Å². The number of hydrogen-bond donors (Lipinski definition) is 0. The highest BCUT2D eigenvalue weighted by Crippen LogP contribution is 2.62. The lowest BCUT2D eigenvalue weighted by Crippen LogP contribution is -2.34. The van der Waals surface area contributed by atoms with E-state index in [1.807, 2.05) is 30.3 Å². The first-order valence-corrected chi connectivity index (χ1v) is 8.93. The topological polar surface area (TPSA) is 55.8 Å². The van der Waals surface area contributed by atoms with Crippen LogP contribution in [0.25, 0.3) is 0 Å². The third-order valence-corrected chi connectivity index (χ3v) is 5.45. The summed E-state index contributed by atoms with van der Waals surface area (Å²) >= 11 is 0. The molecule has 0 N–H and O–H groups in total. The van der Waals surface area contributed by atoms with Crippen molar-refractivity contribution in [3.8, 4) is 0 Å². The molecule has 0 unspecified atom stereocenters. The average molecular weight is 325 g/mol. The van der Waals surface area contributed by atoms with E-state index in [9.17, 15) is 9.36 Å². The van der Waals surface area contributed by atoms with Gasteiger partial charge in [0.25, 0.3) is 0 Å². The molecule has 0 aliphatic heterocycles. The quantitative estimate of drug-likeness (QED) is 0.509. The van der Waals surface area contributed by atoms with Crippen LogP contribution in [-0.4, -0.2) is 30.6 Å². The van der Waals surface area contributed by atoms with Gasteiger partial charge in [-0.05, 0) is 19.4 Å². The molecule has 1 atom stereocenters. The van der Waals surface area contributed by atoms with Gasteiger partial charge in [0.05, 0.1) is 13.2 Å². The Balaban J connectivity index is 3.40. The normalized spacial score (nSPS) is 12.7. The van der Waals surface area contributed by atoms with Gasteiger partial charge in [-0.25, -0.2) is 0 Å². The zero-order chi connectivity index (χ0) is 16.6. The lowest BCUT2D eigenvalue weighted by atomic mass is 10.2. The predicted molar refractivity (Wildman–Crippen MR) is 87.6 cm³/mol. The molecule has 22 heavy (non-hydrogen) atoms. The SMILES string of the molecule is C=CCN(C(C)=O)[C@H](c1ccccc1)P(=O)(OCC)OCC. The van der Waals surface area contributed by atoms with E-state index in [0.29, 0.717) is 5.56 Å². The van der Waals surface area contributed by atoms with Crippen LogP contribution in [-0.2, 0) is 18.4 Å². The molecule has 0 saturated carbocycles. The van der Waals surface area contributed by atoms with Gasteiger partial charge in [0, 0.05) is 13.5 Å². The van der Waals surface area contributed by atoms with Gasteiger partial charge in [-0.1, -0.05) is 36.4 Å². The maximum atomic E-state index is 13.3. The van der Waals surface area contributed by atoms with Crippen molar-refractivity contribution < 1.29 is 18.4 Å². The fourth-order valence-electron chi connectivity index (χ4n) is 2.24. The van der Waals surface area contributed by atoms with Crippen molar-refractivity contribution in [2.75, 3.05) is 19.8 Å². The van der Waals surface area contributed by atoms with E-state index in [4.69, 9.17) is 9.05 Å². The number of carbonyl (C=O) groups excluding carboxylic acids is 1. The van der Waals surface area contributed by atoms with Crippen molar-refractivity contribution in [2.24, 2.45) is 0 Å². The predicted octanol–water partition coefficient (Wildman–Crippen LogP) is 3.99. The Morgan fingerprint density at radius 1 is 1.27 bits per heavy atom. The first-order chi connectivity index (χ1) is 10.5. The van der Waals surface area contributed by atoms with Crippen LogP contribution in [0.3, 0.4) is 0 Å². The molecule has 0 aromatic heterocycles.